The number of ether oxygens (including phenoxy) is 3. The molecule has 2 N–H and O–H groups in total. The summed E-state index contributed by atoms with van der Waals surface area (Å²) >= 11 is 3.42. The van der Waals surface area contributed by atoms with Crippen LogP contribution in [-0.2, 0) is 9.47 Å². The van der Waals surface area contributed by atoms with E-state index in [0.29, 0.717) is 19.3 Å². The fourth-order valence-corrected chi connectivity index (χ4v) is 4.28. The zero-order chi connectivity index (χ0) is 17.9. The number of nitrogens with one attached hydrogen (secondary N) is 2. The quantitative estimate of drug-likeness (QED) is 0.779. The summed E-state index contributed by atoms with van der Waals surface area (Å²) in [5.41, 5.74) is 0. The Bertz CT molecular complexity index is 620. The van der Waals surface area contributed by atoms with Crippen LogP contribution in [-0.4, -0.2) is 49.6 Å². The third-order valence-corrected chi connectivity index (χ3v) is 5.89. The Morgan fingerprint density at radius 2 is 1.73 bits per heavy atom. The fraction of sp³-hybridized carbons (Fsp3) is 0.632. The van der Waals surface area contributed by atoms with Gasteiger partial charge in [-0.3, -0.25) is 0 Å². The second-order valence-corrected chi connectivity index (χ2v) is 8.18. The van der Waals surface area contributed by atoms with Gasteiger partial charge in [-0.15, -0.1) is 0 Å². The smallest absolute Gasteiger partial charge is 0.315 e. The molecule has 0 unspecified atom stereocenters. The lowest BCUT2D eigenvalue weighted by Gasteiger charge is -2.24. The van der Waals surface area contributed by atoms with E-state index in [9.17, 15) is 4.79 Å². The summed E-state index contributed by atoms with van der Waals surface area (Å²) in [4.78, 5) is 12.3. The first-order chi connectivity index (χ1) is 12.7. The molecular weight excluding hydrogens is 400 g/mol. The first kappa shape index (κ1) is 18.1. The number of hydrogen-bond acceptors (Lipinski definition) is 4. The van der Waals surface area contributed by atoms with Crippen molar-refractivity contribution in [2.24, 2.45) is 0 Å². The molecule has 0 bridgehead atoms. The minimum atomic E-state index is -0.160. The molecule has 2 saturated heterocycles. The highest BCUT2D eigenvalue weighted by Gasteiger charge is 2.49. The van der Waals surface area contributed by atoms with Crippen molar-refractivity contribution in [2.75, 3.05) is 13.2 Å². The highest BCUT2D eigenvalue weighted by Crippen LogP contribution is 2.30. The molecule has 3 aliphatic rings. The van der Waals surface area contributed by atoms with Crippen molar-refractivity contribution in [1.82, 2.24) is 10.6 Å². The molecule has 142 valence electrons. The molecule has 1 aromatic rings. The van der Waals surface area contributed by atoms with E-state index in [4.69, 9.17) is 14.2 Å². The maximum Gasteiger partial charge on any atom is 0.315 e. The van der Waals surface area contributed by atoms with E-state index >= 15 is 0 Å². The van der Waals surface area contributed by atoms with E-state index in [2.05, 4.69) is 26.6 Å². The molecule has 1 saturated carbocycles. The average molecular weight is 425 g/mol. The van der Waals surface area contributed by atoms with Gasteiger partial charge in [-0.25, -0.2) is 4.79 Å². The summed E-state index contributed by atoms with van der Waals surface area (Å²) in [6.07, 6.45) is 5.33. The molecule has 4 rings (SSSR count). The van der Waals surface area contributed by atoms with Gasteiger partial charge in [0.05, 0.1) is 19.3 Å². The van der Waals surface area contributed by atoms with Gasteiger partial charge in [-0.2, -0.15) is 0 Å². The number of rotatable bonds is 4. The molecule has 3 fully saturated rings. The van der Waals surface area contributed by atoms with Gasteiger partial charge in [-0.05, 0) is 37.1 Å². The van der Waals surface area contributed by atoms with Crippen LogP contribution in [0, 0.1) is 0 Å². The largest absolute Gasteiger partial charge is 0.485 e. The number of urea groups is 1. The van der Waals surface area contributed by atoms with E-state index < -0.39 is 0 Å². The summed E-state index contributed by atoms with van der Waals surface area (Å²) in [7, 11) is 0. The van der Waals surface area contributed by atoms with Crippen LogP contribution in [0.2, 0.25) is 0 Å². The minimum Gasteiger partial charge on any atom is -0.485 e. The average Bonchev–Trinajstić information content (AvgIpc) is 3.22. The topological polar surface area (TPSA) is 68.8 Å². The lowest BCUT2D eigenvalue weighted by atomic mass is 9.96. The van der Waals surface area contributed by atoms with Gasteiger partial charge >= 0.3 is 6.03 Å². The first-order valence-electron chi connectivity index (χ1n) is 9.41. The zero-order valence-electron chi connectivity index (χ0n) is 14.7. The van der Waals surface area contributed by atoms with Crippen molar-refractivity contribution in [1.29, 1.82) is 0 Å². The Morgan fingerprint density at radius 3 is 2.50 bits per heavy atom. The van der Waals surface area contributed by atoms with Crippen molar-refractivity contribution < 1.29 is 19.0 Å². The molecule has 2 amide bonds. The van der Waals surface area contributed by atoms with Crippen LogP contribution < -0.4 is 15.4 Å². The van der Waals surface area contributed by atoms with E-state index in [0.717, 1.165) is 23.1 Å². The SMILES string of the molecule is O=C(NC1CCCCC1)N[C@H]1CO[C@H]2[C@@H]1OC[C@@H]2Oc1ccc(Br)cc1. The van der Waals surface area contributed by atoms with Gasteiger partial charge in [0.25, 0.3) is 0 Å². The molecule has 4 atom stereocenters. The third-order valence-electron chi connectivity index (χ3n) is 5.37. The Labute approximate surface area is 162 Å². The van der Waals surface area contributed by atoms with Crippen molar-refractivity contribution in [2.45, 2.75) is 62.5 Å². The van der Waals surface area contributed by atoms with Gasteiger partial charge < -0.3 is 24.8 Å². The highest BCUT2D eigenvalue weighted by molar-refractivity contribution is 9.10. The van der Waals surface area contributed by atoms with Gasteiger partial charge in [0.15, 0.2) is 6.10 Å². The van der Waals surface area contributed by atoms with Crippen LogP contribution in [0.1, 0.15) is 32.1 Å². The van der Waals surface area contributed by atoms with Crippen LogP contribution in [0.4, 0.5) is 4.79 Å². The summed E-state index contributed by atoms with van der Waals surface area (Å²) in [6, 6.07) is 7.75. The Hall–Kier alpha value is -1.31. The number of amides is 2. The van der Waals surface area contributed by atoms with Gasteiger partial charge in [-0.1, -0.05) is 35.2 Å². The van der Waals surface area contributed by atoms with Crippen LogP contribution in [0.5, 0.6) is 5.75 Å². The van der Waals surface area contributed by atoms with Crippen LogP contribution in [0.25, 0.3) is 0 Å². The van der Waals surface area contributed by atoms with Gasteiger partial charge in [0, 0.05) is 10.5 Å². The van der Waals surface area contributed by atoms with Crippen LogP contribution in [0.3, 0.4) is 0 Å². The second kappa shape index (κ2) is 8.15. The van der Waals surface area contributed by atoms with E-state index in [1.165, 1.54) is 19.3 Å². The van der Waals surface area contributed by atoms with Crippen LogP contribution >= 0.6 is 15.9 Å². The van der Waals surface area contributed by atoms with Crippen LogP contribution in [0.15, 0.2) is 28.7 Å². The third kappa shape index (κ3) is 4.15. The molecule has 0 aromatic heterocycles. The lowest BCUT2D eigenvalue weighted by Crippen LogP contribution is -2.51. The van der Waals surface area contributed by atoms with Crippen molar-refractivity contribution in [3.8, 4) is 5.75 Å². The predicted molar refractivity (Wildman–Crippen MR) is 100 cm³/mol. The molecule has 7 heteroatoms. The summed E-state index contributed by atoms with van der Waals surface area (Å²) < 4.78 is 18.8. The molecule has 2 heterocycles. The van der Waals surface area contributed by atoms with E-state index in [1.807, 2.05) is 24.3 Å². The molecule has 0 spiro atoms. The molecule has 2 aliphatic heterocycles. The summed E-state index contributed by atoms with van der Waals surface area (Å²) in [5, 5.41) is 6.11. The Balaban J connectivity index is 1.28. The second-order valence-electron chi connectivity index (χ2n) is 7.27. The highest BCUT2D eigenvalue weighted by atomic mass is 79.9. The monoisotopic (exact) mass is 424 g/mol. The normalized spacial score (nSPS) is 31.4. The summed E-state index contributed by atoms with van der Waals surface area (Å²) in [6.45, 7) is 0.918. The summed E-state index contributed by atoms with van der Waals surface area (Å²) in [5.74, 6) is 0.789. The zero-order valence-corrected chi connectivity index (χ0v) is 16.2. The number of hydrogen-bond donors (Lipinski definition) is 2. The molecule has 6 nitrogen and oxygen atoms in total. The molecule has 1 aromatic carbocycles. The van der Waals surface area contributed by atoms with Crippen molar-refractivity contribution in [3.05, 3.63) is 28.7 Å². The Morgan fingerprint density at radius 1 is 1.00 bits per heavy atom. The standard InChI is InChI=1S/C19H25BrN2O4/c20-12-6-8-14(9-7-12)26-16-11-25-17-15(10-24-18(16)17)22-19(23)21-13-4-2-1-3-5-13/h6-9,13,15-18H,1-5,10-11H2,(H2,21,22,23)/t15-,16-,17+,18+/m0/s1. The lowest BCUT2D eigenvalue weighted by molar-refractivity contribution is 0.0303. The first-order valence-corrected chi connectivity index (χ1v) is 10.2. The number of carbonyl (C=O) groups is 1. The maximum atomic E-state index is 12.3. The van der Waals surface area contributed by atoms with Crippen molar-refractivity contribution in [3.63, 3.8) is 0 Å². The molecule has 1 aliphatic carbocycles. The molecule has 26 heavy (non-hydrogen) atoms. The fourth-order valence-electron chi connectivity index (χ4n) is 4.02. The van der Waals surface area contributed by atoms with E-state index in [-0.39, 0.29) is 30.4 Å². The van der Waals surface area contributed by atoms with E-state index in [1.54, 1.807) is 0 Å². The van der Waals surface area contributed by atoms with Gasteiger partial charge in [0.2, 0.25) is 0 Å². The number of benzene rings is 1. The molecule has 0 radical (unpaired) electrons. The predicted octanol–water partition coefficient (Wildman–Crippen LogP) is 2.99. The number of carbonyl (C=O) groups excluding carboxylic acids is 1. The molecular formula is C19H25BrN2O4. The Kier molecular flexibility index (Phi) is 5.66. The number of fused-ring (bicyclic) bond motifs is 1. The maximum absolute atomic E-state index is 12.3. The number of halogens is 1. The van der Waals surface area contributed by atoms with Crippen molar-refractivity contribution >= 4 is 22.0 Å². The van der Waals surface area contributed by atoms with Gasteiger partial charge in [0.1, 0.15) is 18.0 Å². The minimum absolute atomic E-state index is 0.118.